The summed E-state index contributed by atoms with van der Waals surface area (Å²) in [6.07, 6.45) is 4.65. The molecule has 114 valence electrons. The quantitative estimate of drug-likeness (QED) is 0.910. The molecular formula is C18H27N3. The highest BCUT2D eigenvalue weighted by molar-refractivity contribution is 5.86. The first-order valence-corrected chi connectivity index (χ1v) is 8.11. The highest BCUT2D eigenvalue weighted by Gasteiger charge is 2.19. The van der Waals surface area contributed by atoms with Crippen molar-refractivity contribution >= 4 is 10.9 Å². The van der Waals surface area contributed by atoms with Crippen LogP contribution in [0, 0.1) is 0 Å². The number of aromatic nitrogens is 1. The van der Waals surface area contributed by atoms with Gasteiger partial charge in [-0.3, -0.25) is 4.90 Å². The molecule has 1 aromatic carbocycles. The molecule has 3 rings (SSSR count). The summed E-state index contributed by atoms with van der Waals surface area (Å²) in [7, 11) is 4.25. The highest BCUT2D eigenvalue weighted by atomic mass is 15.1. The van der Waals surface area contributed by atoms with Crippen LogP contribution in [0.4, 0.5) is 0 Å². The Bertz CT molecular complexity index is 641. The number of nitrogens with zero attached hydrogens (tertiary/aromatic N) is 2. The van der Waals surface area contributed by atoms with Crippen LogP contribution in [0.5, 0.6) is 0 Å². The van der Waals surface area contributed by atoms with E-state index < -0.39 is 0 Å². The summed E-state index contributed by atoms with van der Waals surface area (Å²) in [6.45, 7) is 7.79. The molecule has 0 saturated carbocycles. The fourth-order valence-corrected chi connectivity index (χ4v) is 3.45. The van der Waals surface area contributed by atoms with Gasteiger partial charge in [-0.15, -0.1) is 0 Å². The third-order valence-corrected chi connectivity index (χ3v) is 4.65. The standard InChI is InChI=1S/C18H27N3/c1-5-6-21-12-16(7-13(2)19-3)17-8-14-10-20(4)11-15(14)9-18(17)21/h8-9,12-13,19H,5-7,10-11H2,1-4H3. The second-order valence-corrected chi connectivity index (χ2v) is 6.55. The maximum absolute atomic E-state index is 3.36. The van der Waals surface area contributed by atoms with Gasteiger partial charge in [0.05, 0.1) is 0 Å². The first-order chi connectivity index (χ1) is 10.1. The number of nitrogens with one attached hydrogen (secondary N) is 1. The third kappa shape index (κ3) is 2.72. The number of likely N-dealkylation sites (N-methyl/N-ethyl adjacent to an activating group) is 1. The van der Waals surface area contributed by atoms with E-state index in [0.29, 0.717) is 6.04 Å². The Balaban J connectivity index is 2.08. The summed E-state index contributed by atoms with van der Waals surface area (Å²) in [5.74, 6) is 0. The summed E-state index contributed by atoms with van der Waals surface area (Å²) in [5, 5.41) is 4.82. The van der Waals surface area contributed by atoms with E-state index in [9.17, 15) is 0 Å². The minimum atomic E-state index is 0.515. The molecule has 1 aliphatic rings. The Hall–Kier alpha value is -1.32. The molecule has 0 spiro atoms. The summed E-state index contributed by atoms with van der Waals surface area (Å²) >= 11 is 0. The van der Waals surface area contributed by atoms with Crippen molar-refractivity contribution < 1.29 is 0 Å². The Morgan fingerprint density at radius 2 is 1.95 bits per heavy atom. The lowest BCUT2D eigenvalue weighted by Gasteiger charge is -2.09. The number of aryl methyl sites for hydroxylation is 1. The van der Waals surface area contributed by atoms with E-state index in [4.69, 9.17) is 0 Å². The largest absolute Gasteiger partial charge is 0.347 e. The van der Waals surface area contributed by atoms with E-state index >= 15 is 0 Å². The van der Waals surface area contributed by atoms with Gasteiger partial charge >= 0.3 is 0 Å². The average molecular weight is 285 g/mol. The van der Waals surface area contributed by atoms with Gasteiger partial charge in [0.15, 0.2) is 0 Å². The van der Waals surface area contributed by atoms with Crippen LogP contribution in [0.2, 0.25) is 0 Å². The molecule has 0 radical (unpaired) electrons. The first-order valence-electron chi connectivity index (χ1n) is 8.11. The van der Waals surface area contributed by atoms with Gasteiger partial charge in [-0.05, 0) is 62.7 Å². The number of hydrogen-bond donors (Lipinski definition) is 1. The molecular weight excluding hydrogens is 258 g/mol. The smallest absolute Gasteiger partial charge is 0.0486 e. The van der Waals surface area contributed by atoms with Crippen molar-refractivity contribution in [2.75, 3.05) is 14.1 Å². The van der Waals surface area contributed by atoms with Crippen LogP contribution in [0.3, 0.4) is 0 Å². The lowest BCUT2D eigenvalue weighted by Crippen LogP contribution is -2.23. The zero-order valence-corrected chi connectivity index (χ0v) is 13.7. The molecule has 1 aromatic heterocycles. The molecule has 1 aliphatic heterocycles. The summed E-state index contributed by atoms with van der Waals surface area (Å²) < 4.78 is 2.45. The van der Waals surface area contributed by atoms with Gasteiger partial charge in [0, 0.05) is 42.8 Å². The van der Waals surface area contributed by atoms with Gasteiger partial charge < -0.3 is 9.88 Å². The third-order valence-electron chi connectivity index (χ3n) is 4.65. The maximum Gasteiger partial charge on any atom is 0.0486 e. The van der Waals surface area contributed by atoms with Gasteiger partial charge in [0.1, 0.15) is 0 Å². The second-order valence-electron chi connectivity index (χ2n) is 6.55. The van der Waals surface area contributed by atoms with E-state index in [1.165, 1.54) is 34.0 Å². The molecule has 1 unspecified atom stereocenters. The topological polar surface area (TPSA) is 20.2 Å². The van der Waals surface area contributed by atoms with E-state index in [1.807, 2.05) is 7.05 Å². The Labute approximate surface area is 127 Å². The second kappa shape index (κ2) is 5.82. The number of hydrogen-bond acceptors (Lipinski definition) is 2. The fraction of sp³-hybridized carbons (Fsp3) is 0.556. The van der Waals surface area contributed by atoms with E-state index in [2.05, 4.69) is 54.0 Å². The Kier molecular flexibility index (Phi) is 4.05. The molecule has 0 aliphatic carbocycles. The van der Waals surface area contributed by atoms with Gasteiger partial charge in [0.2, 0.25) is 0 Å². The normalized spacial score (nSPS) is 16.6. The Morgan fingerprint density at radius 1 is 1.24 bits per heavy atom. The minimum absolute atomic E-state index is 0.515. The van der Waals surface area contributed by atoms with E-state index in [0.717, 1.165) is 26.1 Å². The van der Waals surface area contributed by atoms with E-state index in [-0.39, 0.29) is 0 Å². The van der Waals surface area contributed by atoms with E-state index in [1.54, 1.807) is 0 Å². The van der Waals surface area contributed by atoms with Crippen molar-refractivity contribution in [1.29, 1.82) is 0 Å². The van der Waals surface area contributed by atoms with Crippen LogP contribution in [-0.4, -0.2) is 29.6 Å². The zero-order valence-electron chi connectivity index (χ0n) is 13.7. The summed E-state index contributed by atoms with van der Waals surface area (Å²) in [6, 6.07) is 5.39. The van der Waals surface area contributed by atoms with Crippen LogP contribution in [-0.2, 0) is 26.1 Å². The Morgan fingerprint density at radius 3 is 2.62 bits per heavy atom. The monoisotopic (exact) mass is 285 g/mol. The molecule has 1 N–H and O–H groups in total. The van der Waals surface area contributed by atoms with Gasteiger partial charge in [-0.25, -0.2) is 0 Å². The van der Waals surface area contributed by atoms with Crippen molar-refractivity contribution in [3.63, 3.8) is 0 Å². The van der Waals surface area contributed by atoms with Crippen LogP contribution in [0.1, 0.15) is 37.0 Å². The van der Waals surface area contributed by atoms with Crippen LogP contribution >= 0.6 is 0 Å². The van der Waals surface area contributed by atoms with Crippen molar-refractivity contribution in [3.8, 4) is 0 Å². The molecule has 0 saturated heterocycles. The number of fused-ring (bicyclic) bond motifs is 2. The molecule has 3 heteroatoms. The molecule has 3 nitrogen and oxygen atoms in total. The molecule has 0 bridgehead atoms. The molecule has 0 amide bonds. The van der Waals surface area contributed by atoms with Crippen LogP contribution < -0.4 is 5.32 Å². The maximum atomic E-state index is 3.36. The fourth-order valence-electron chi connectivity index (χ4n) is 3.45. The minimum Gasteiger partial charge on any atom is -0.347 e. The molecule has 21 heavy (non-hydrogen) atoms. The van der Waals surface area contributed by atoms with Gasteiger partial charge in [-0.1, -0.05) is 6.92 Å². The number of rotatable bonds is 5. The number of benzene rings is 1. The average Bonchev–Trinajstić information content (AvgIpc) is 2.97. The zero-order chi connectivity index (χ0) is 15.0. The van der Waals surface area contributed by atoms with Crippen molar-refractivity contribution in [1.82, 2.24) is 14.8 Å². The lowest BCUT2D eigenvalue weighted by atomic mass is 10.0. The van der Waals surface area contributed by atoms with Crippen molar-refractivity contribution in [3.05, 3.63) is 35.0 Å². The van der Waals surface area contributed by atoms with Gasteiger partial charge in [-0.2, -0.15) is 0 Å². The van der Waals surface area contributed by atoms with Crippen LogP contribution in [0.15, 0.2) is 18.3 Å². The predicted molar refractivity (Wildman–Crippen MR) is 89.6 cm³/mol. The molecule has 1 atom stereocenters. The molecule has 2 heterocycles. The highest BCUT2D eigenvalue weighted by Crippen LogP contribution is 2.31. The van der Waals surface area contributed by atoms with Gasteiger partial charge in [0.25, 0.3) is 0 Å². The summed E-state index contributed by atoms with van der Waals surface area (Å²) in [4.78, 5) is 2.39. The lowest BCUT2D eigenvalue weighted by molar-refractivity contribution is 0.353. The molecule has 2 aromatic rings. The molecule has 0 fully saturated rings. The SMILES string of the molecule is CCCn1cc(CC(C)NC)c2cc3c(cc21)CN(C)C3. The first kappa shape index (κ1) is 14.6. The predicted octanol–water partition coefficient (Wildman–Crippen LogP) is 3.15. The van der Waals surface area contributed by atoms with Crippen LogP contribution in [0.25, 0.3) is 10.9 Å². The summed E-state index contributed by atoms with van der Waals surface area (Å²) in [5.41, 5.74) is 5.92. The van der Waals surface area contributed by atoms with Crippen molar-refractivity contribution in [2.45, 2.75) is 52.4 Å². The van der Waals surface area contributed by atoms with Crippen molar-refractivity contribution in [2.24, 2.45) is 0 Å².